The average molecular weight is 97.1 g/mol. The maximum atomic E-state index is 4.63. The summed E-state index contributed by atoms with van der Waals surface area (Å²) in [5.41, 5.74) is 0. The van der Waals surface area contributed by atoms with Gasteiger partial charge in [0.2, 0.25) is 0 Å². The number of ether oxygens (including phenoxy) is 1. The fourth-order valence-electron chi connectivity index (χ4n) is 0.144. The van der Waals surface area contributed by atoms with Gasteiger partial charge in [-0.15, -0.1) is 0 Å². The molecule has 0 rings (SSSR count). The number of hydrogen-bond acceptors (Lipinski definition) is 1. The van der Waals surface area contributed by atoms with Gasteiger partial charge in [-0.3, -0.25) is 0 Å². The second-order valence-corrected chi connectivity index (χ2v) is 0.846. The normalized spacial score (nSPS) is 7.00. The van der Waals surface area contributed by atoms with E-state index in [4.69, 9.17) is 0 Å². The van der Waals surface area contributed by atoms with Crippen LogP contribution >= 0.6 is 0 Å². The summed E-state index contributed by atoms with van der Waals surface area (Å²) in [5.74, 6) is 0. The molecule has 0 atom stereocenters. The van der Waals surface area contributed by atoms with Crippen LogP contribution in [0.15, 0.2) is 0 Å². The van der Waals surface area contributed by atoms with E-state index in [1.54, 1.807) is 7.11 Å². The van der Waals surface area contributed by atoms with Gasteiger partial charge in [-0.2, -0.15) is 0 Å². The Bertz CT molecular complexity index is 15.0. The van der Waals surface area contributed by atoms with Crippen LogP contribution in [-0.4, -0.2) is 43.3 Å². The van der Waals surface area contributed by atoms with Gasteiger partial charge >= 0.3 is 29.6 Å². The van der Waals surface area contributed by atoms with Gasteiger partial charge in [-0.05, 0) is 6.42 Å². The van der Waals surface area contributed by atoms with E-state index in [0.29, 0.717) is 0 Å². The molecule has 0 aromatic heterocycles. The van der Waals surface area contributed by atoms with Gasteiger partial charge in [0.15, 0.2) is 0 Å². The summed E-state index contributed by atoms with van der Waals surface area (Å²) in [4.78, 5) is 0. The zero-order valence-electron chi connectivity index (χ0n) is 3.53. The Kier molecular flexibility index (Phi) is 15.7. The van der Waals surface area contributed by atoms with Crippen molar-refractivity contribution >= 4 is 29.6 Å². The molecular weight excluding hydrogens is 87.0 g/mol. The van der Waals surface area contributed by atoms with Crippen LogP contribution in [0.1, 0.15) is 6.42 Å². The maximum absolute atomic E-state index is 4.63. The summed E-state index contributed by atoms with van der Waals surface area (Å²) in [6.07, 6.45) is 0.872. The summed E-state index contributed by atoms with van der Waals surface area (Å²) in [6, 6.07) is 0. The third-order valence-electron chi connectivity index (χ3n) is 0.348. The summed E-state index contributed by atoms with van der Waals surface area (Å²) < 4.78 is 4.63. The minimum atomic E-state index is 0. The zero-order chi connectivity index (χ0) is 4.12. The van der Waals surface area contributed by atoms with Crippen LogP contribution in [0.4, 0.5) is 0 Å². The molecule has 0 aliphatic carbocycles. The van der Waals surface area contributed by atoms with E-state index in [-0.39, 0.29) is 29.6 Å². The average Bonchev–Trinajstić information content (AvgIpc) is 1.41. The monoisotopic (exact) mass is 97.1 g/mol. The zero-order valence-corrected chi connectivity index (χ0v) is 3.53. The molecule has 33 valence electrons. The van der Waals surface area contributed by atoms with Gasteiger partial charge in [0.05, 0.1) is 0 Å². The molecule has 0 bridgehead atoms. The molecule has 0 aliphatic heterocycles. The molecule has 1 nitrogen and oxygen atoms in total. The molecule has 0 N–H and O–H groups in total. The SMILES string of the molecule is [CH2]CCOC.[NaH]. The molecule has 0 saturated heterocycles. The number of hydrogen-bond donors (Lipinski definition) is 0. The van der Waals surface area contributed by atoms with Gasteiger partial charge in [-0.1, -0.05) is 6.92 Å². The van der Waals surface area contributed by atoms with E-state index >= 15 is 0 Å². The number of rotatable bonds is 2. The molecule has 0 fully saturated rings. The van der Waals surface area contributed by atoms with Crippen molar-refractivity contribution in [3.8, 4) is 0 Å². The summed E-state index contributed by atoms with van der Waals surface area (Å²) >= 11 is 0. The van der Waals surface area contributed by atoms with E-state index in [1.807, 2.05) is 0 Å². The molecular formula is C4H10NaO. The summed E-state index contributed by atoms with van der Waals surface area (Å²) in [7, 11) is 1.67. The molecule has 0 unspecified atom stereocenters. The first-order valence-corrected chi connectivity index (χ1v) is 1.70. The second-order valence-electron chi connectivity index (χ2n) is 0.846. The van der Waals surface area contributed by atoms with E-state index in [2.05, 4.69) is 11.7 Å². The molecule has 0 aromatic carbocycles. The molecule has 2 heteroatoms. The van der Waals surface area contributed by atoms with Gasteiger partial charge in [-0.25, -0.2) is 0 Å². The van der Waals surface area contributed by atoms with Crippen LogP contribution in [0, 0.1) is 6.92 Å². The van der Waals surface area contributed by atoms with Crippen LogP contribution in [-0.2, 0) is 4.74 Å². The molecule has 0 aromatic rings. The summed E-state index contributed by atoms with van der Waals surface area (Å²) in [6.45, 7) is 4.33. The molecule has 6 heavy (non-hydrogen) atoms. The minimum absolute atomic E-state index is 0. The van der Waals surface area contributed by atoms with E-state index < -0.39 is 0 Å². The van der Waals surface area contributed by atoms with Crippen molar-refractivity contribution in [1.82, 2.24) is 0 Å². The Labute approximate surface area is 61.4 Å². The van der Waals surface area contributed by atoms with Crippen molar-refractivity contribution in [2.45, 2.75) is 6.42 Å². The molecule has 0 heterocycles. The van der Waals surface area contributed by atoms with Crippen molar-refractivity contribution in [3.05, 3.63) is 6.92 Å². The first kappa shape index (κ1) is 10.0. The van der Waals surface area contributed by atoms with Gasteiger partial charge < -0.3 is 4.74 Å². The van der Waals surface area contributed by atoms with Crippen molar-refractivity contribution < 1.29 is 4.74 Å². The number of methoxy groups -OCH3 is 1. The Hall–Kier alpha value is 0.960. The molecule has 1 radical (unpaired) electrons. The molecule has 0 spiro atoms. The summed E-state index contributed by atoms with van der Waals surface area (Å²) in [5, 5.41) is 0. The molecule has 0 amide bonds. The fourth-order valence-corrected chi connectivity index (χ4v) is 0.144. The topological polar surface area (TPSA) is 9.23 Å². The van der Waals surface area contributed by atoms with Crippen LogP contribution in [0.3, 0.4) is 0 Å². The Morgan fingerprint density at radius 1 is 1.67 bits per heavy atom. The molecule has 0 saturated carbocycles. The second kappa shape index (κ2) is 9.35. The Balaban J connectivity index is 0. The quantitative estimate of drug-likeness (QED) is 0.447. The first-order valence-electron chi connectivity index (χ1n) is 1.70. The Morgan fingerprint density at radius 2 is 2.17 bits per heavy atom. The van der Waals surface area contributed by atoms with Crippen molar-refractivity contribution in [1.29, 1.82) is 0 Å². The van der Waals surface area contributed by atoms with E-state index in [9.17, 15) is 0 Å². The predicted octanol–water partition coefficient (Wildman–Crippen LogP) is 0.208. The van der Waals surface area contributed by atoms with E-state index in [0.717, 1.165) is 13.0 Å². The van der Waals surface area contributed by atoms with Crippen molar-refractivity contribution in [3.63, 3.8) is 0 Å². The Morgan fingerprint density at radius 3 is 2.17 bits per heavy atom. The van der Waals surface area contributed by atoms with Gasteiger partial charge in [0, 0.05) is 13.7 Å². The third-order valence-corrected chi connectivity index (χ3v) is 0.348. The van der Waals surface area contributed by atoms with Crippen molar-refractivity contribution in [2.75, 3.05) is 13.7 Å². The van der Waals surface area contributed by atoms with Gasteiger partial charge in [0.1, 0.15) is 0 Å². The standard InChI is InChI=1S/C4H9O.Na.H/c1-3-4-5-2;;/h1,3-4H2,2H3;;. The van der Waals surface area contributed by atoms with Crippen LogP contribution in [0.25, 0.3) is 0 Å². The van der Waals surface area contributed by atoms with Crippen LogP contribution < -0.4 is 0 Å². The van der Waals surface area contributed by atoms with Gasteiger partial charge in [0.25, 0.3) is 0 Å². The fraction of sp³-hybridized carbons (Fsp3) is 0.750. The molecule has 0 aliphatic rings. The third kappa shape index (κ3) is 8.88. The predicted molar refractivity (Wildman–Crippen MR) is 29.0 cm³/mol. The van der Waals surface area contributed by atoms with Crippen LogP contribution in [0.2, 0.25) is 0 Å². The van der Waals surface area contributed by atoms with Crippen molar-refractivity contribution in [2.24, 2.45) is 0 Å². The van der Waals surface area contributed by atoms with Crippen LogP contribution in [0.5, 0.6) is 0 Å². The first-order chi connectivity index (χ1) is 2.41. The van der Waals surface area contributed by atoms with E-state index in [1.165, 1.54) is 0 Å².